The van der Waals surface area contributed by atoms with Crippen LogP contribution in [-0.2, 0) is 0 Å². The van der Waals surface area contributed by atoms with Gasteiger partial charge in [0.15, 0.2) is 0 Å². The highest BCUT2D eigenvalue weighted by Crippen LogP contribution is 2.34. The van der Waals surface area contributed by atoms with Crippen LogP contribution in [0.15, 0.2) is 39.3 Å². The molecule has 2 rings (SSSR count). The van der Waals surface area contributed by atoms with Gasteiger partial charge in [0, 0.05) is 14.5 Å². The molecule has 1 N–H and O–H groups in total. The number of hydrogen-bond donors (Lipinski definition) is 1. The van der Waals surface area contributed by atoms with E-state index in [9.17, 15) is 5.11 Å². The number of aryl methyl sites for hydroxylation is 3. The summed E-state index contributed by atoms with van der Waals surface area (Å²) in [6, 6.07) is 10.1. The Kier molecular flexibility index (Phi) is 4.49. The van der Waals surface area contributed by atoms with Gasteiger partial charge in [-0.25, -0.2) is 0 Å². The highest BCUT2D eigenvalue weighted by atomic mass is 79.9. The van der Waals surface area contributed by atoms with Crippen LogP contribution in [0.3, 0.4) is 0 Å². The van der Waals surface area contributed by atoms with Crippen molar-refractivity contribution in [1.82, 2.24) is 0 Å². The summed E-state index contributed by atoms with van der Waals surface area (Å²) >= 11 is 7.06. The van der Waals surface area contributed by atoms with Gasteiger partial charge in [-0.2, -0.15) is 0 Å². The van der Waals surface area contributed by atoms with Gasteiger partial charge in [-0.3, -0.25) is 0 Å². The van der Waals surface area contributed by atoms with Gasteiger partial charge in [0.05, 0.1) is 0 Å². The number of hydrogen-bond acceptors (Lipinski definition) is 1. The number of halogens is 2. The van der Waals surface area contributed by atoms with Crippen molar-refractivity contribution in [2.75, 3.05) is 0 Å². The lowest BCUT2D eigenvalue weighted by Crippen LogP contribution is -2.04. The minimum atomic E-state index is -0.619. The average molecular weight is 384 g/mol. The van der Waals surface area contributed by atoms with Gasteiger partial charge < -0.3 is 5.11 Å². The molecule has 0 saturated heterocycles. The van der Waals surface area contributed by atoms with Crippen molar-refractivity contribution in [2.45, 2.75) is 26.9 Å². The Labute approximate surface area is 130 Å². The zero-order valence-electron chi connectivity index (χ0n) is 11.2. The molecule has 0 heterocycles. The Bertz CT molecular complexity index is 620. The fourth-order valence-corrected chi connectivity index (χ4v) is 3.13. The molecule has 0 saturated carbocycles. The number of rotatable bonds is 2. The third-order valence-corrected chi connectivity index (χ3v) is 4.84. The normalized spacial score (nSPS) is 12.5. The first kappa shape index (κ1) is 14.8. The van der Waals surface area contributed by atoms with Crippen molar-refractivity contribution in [3.05, 3.63) is 67.1 Å². The van der Waals surface area contributed by atoms with Crippen LogP contribution >= 0.6 is 31.9 Å². The first-order valence-corrected chi connectivity index (χ1v) is 7.69. The van der Waals surface area contributed by atoms with Crippen molar-refractivity contribution < 1.29 is 5.11 Å². The summed E-state index contributed by atoms with van der Waals surface area (Å²) < 4.78 is 1.94. The first-order valence-electron chi connectivity index (χ1n) is 6.11. The van der Waals surface area contributed by atoms with Crippen LogP contribution in [0, 0.1) is 20.8 Å². The van der Waals surface area contributed by atoms with Crippen LogP contribution in [0.2, 0.25) is 0 Å². The third-order valence-electron chi connectivity index (χ3n) is 3.30. The summed E-state index contributed by atoms with van der Waals surface area (Å²) in [6.45, 7) is 6.09. The molecule has 0 amide bonds. The molecule has 1 unspecified atom stereocenters. The van der Waals surface area contributed by atoms with E-state index in [0.717, 1.165) is 36.8 Å². The second kappa shape index (κ2) is 5.78. The smallest absolute Gasteiger partial charge is 0.105 e. The molecule has 1 atom stereocenters. The SMILES string of the molecule is Cc1ccc(C)c(C(O)c2cc(Br)c(C)cc2Br)c1. The summed E-state index contributed by atoms with van der Waals surface area (Å²) in [5, 5.41) is 10.6. The van der Waals surface area contributed by atoms with Gasteiger partial charge in [0.1, 0.15) is 6.10 Å². The molecule has 3 heteroatoms. The quantitative estimate of drug-likeness (QED) is 0.753. The molecule has 2 aromatic carbocycles. The van der Waals surface area contributed by atoms with Gasteiger partial charge in [0.25, 0.3) is 0 Å². The predicted octanol–water partition coefficient (Wildman–Crippen LogP) is 5.22. The maximum atomic E-state index is 10.6. The minimum absolute atomic E-state index is 0.619. The van der Waals surface area contributed by atoms with Crippen molar-refractivity contribution >= 4 is 31.9 Å². The van der Waals surface area contributed by atoms with E-state index in [1.807, 2.05) is 45.0 Å². The van der Waals surface area contributed by atoms with E-state index < -0.39 is 6.10 Å². The Morgan fingerprint density at radius 3 is 2.21 bits per heavy atom. The second-order valence-corrected chi connectivity index (χ2v) is 6.59. The highest BCUT2D eigenvalue weighted by molar-refractivity contribution is 9.11. The van der Waals surface area contributed by atoms with Crippen LogP contribution in [0.25, 0.3) is 0 Å². The van der Waals surface area contributed by atoms with E-state index in [2.05, 4.69) is 37.9 Å². The lowest BCUT2D eigenvalue weighted by Gasteiger charge is -2.17. The van der Waals surface area contributed by atoms with E-state index in [4.69, 9.17) is 0 Å². The Morgan fingerprint density at radius 1 is 0.842 bits per heavy atom. The summed E-state index contributed by atoms with van der Waals surface area (Å²) in [4.78, 5) is 0. The van der Waals surface area contributed by atoms with Crippen LogP contribution in [-0.4, -0.2) is 5.11 Å². The van der Waals surface area contributed by atoms with E-state index in [1.165, 1.54) is 0 Å². The summed E-state index contributed by atoms with van der Waals surface area (Å²) in [5.74, 6) is 0. The van der Waals surface area contributed by atoms with Crippen LogP contribution in [0.4, 0.5) is 0 Å². The lowest BCUT2D eigenvalue weighted by atomic mass is 9.95. The minimum Gasteiger partial charge on any atom is -0.384 e. The molecule has 19 heavy (non-hydrogen) atoms. The summed E-state index contributed by atoms with van der Waals surface area (Å²) in [6.07, 6.45) is -0.619. The zero-order valence-corrected chi connectivity index (χ0v) is 14.3. The molecule has 0 aliphatic rings. The summed E-state index contributed by atoms with van der Waals surface area (Å²) in [5.41, 5.74) is 5.23. The van der Waals surface area contributed by atoms with E-state index in [0.29, 0.717) is 0 Å². The van der Waals surface area contributed by atoms with E-state index in [-0.39, 0.29) is 0 Å². The number of benzene rings is 2. The Hall–Kier alpha value is -0.640. The topological polar surface area (TPSA) is 20.2 Å². The van der Waals surface area contributed by atoms with E-state index >= 15 is 0 Å². The standard InChI is InChI=1S/C16H16Br2O/c1-9-4-5-10(2)12(6-9)16(19)13-8-14(17)11(3)7-15(13)18/h4-8,16,19H,1-3H3. The molecule has 0 spiro atoms. The van der Waals surface area contributed by atoms with Crippen LogP contribution in [0.1, 0.15) is 33.9 Å². The lowest BCUT2D eigenvalue weighted by molar-refractivity contribution is 0.218. The third kappa shape index (κ3) is 3.10. The van der Waals surface area contributed by atoms with Gasteiger partial charge in [-0.15, -0.1) is 0 Å². The summed E-state index contributed by atoms with van der Waals surface area (Å²) in [7, 11) is 0. The van der Waals surface area contributed by atoms with Crippen molar-refractivity contribution in [1.29, 1.82) is 0 Å². The molecule has 2 aromatic rings. The maximum absolute atomic E-state index is 10.6. The monoisotopic (exact) mass is 382 g/mol. The average Bonchev–Trinajstić information content (AvgIpc) is 2.36. The second-order valence-electron chi connectivity index (χ2n) is 4.89. The van der Waals surface area contributed by atoms with Crippen LogP contribution in [0.5, 0.6) is 0 Å². The van der Waals surface area contributed by atoms with Gasteiger partial charge in [-0.05, 0) is 49.6 Å². The molecule has 0 fully saturated rings. The molecule has 0 aromatic heterocycles. The molecular formula is C16H16Br2O. The van der Waals surface area contributed by atoms with Crippen molar-refractivity contribution in [3.63, 3.8) is 0 Å². The van der Waals surface area contributed by atoms with E-state index in [1.54, 1.807) is 0 Å². The van der Waals surface area contributed by atoms with Crippen molar-refractivity contribution in [2.24, 2.45) is 0 Å². The molecule has 0 aliphatic heterocycles. The molecular weight excluding hydrogens is 368 g/mol. The fourth-order valence-electron chi connectivity index (χ4n) is 2.09. The number of aliphatic hydroxyl groups excluding tert-OH is 1. The number of aliphatic hydroxyl groups is 1. The first-order chi connectivity index (χ1) is 8.90. The highest BCUT2D eigenvalue weighted by Gasteiger charge is 2.17. The van der Waals surface area contributed by atoms with Gasteiger partial charge >= 0.3 is 0 Å². The Balaban J connectivity index is 2.52. The molecule has 1 nitrogen and oxygen atoms in total. The molecule has 0 radical (unpaired) electrons. The maximum Gasteiger partial charge on any atom is 0.105 e. The molecule has 100 valence electrons. The zero-order chi connectivity index (χ0) is 14.2. The predicted molar refractivity (Wildman–Crippen MR) is 86.6 cm³/mol. The van der Waals surface area contributed by atoms with Gasteiger partial charge in [-0.1, -0.05) is 55.6 Å². The Morgan fingerprint density at radius 2 is 1.53 bits per heavy atom. The largest absolute Gasteiger partial charge is 0.384 e. The van der Waals surface area contributed by atoms with Crippen molar-refractivity contribution in [3.8, 4) is 0 Å². The molecule has 0 aliphatic carbocycles. The fraction of sp³-hybridized carbons (Fsp3) is 0.250. The van der Waals surface area contributed by atoms with Gasteiger partial charge in [0.2, 0.25) is 0 Å². The molecule has 0 bridgehead atoms. The van der Waals surface area contributed by atoms with Crippen LogP contribution < -0.4 is 0 Å².